The second-order valence-corrected chi connectivity index (χ2v) is 12.2. The number of aliphatic hydroxyl groups excluding tert-OH is 1. The number of rotatable bonds is 5. The fourth-order valence-corrected chi connectivity index (χ4v) is 5.77. The van der Waals surface area contributed by atoms with E-state index in [9.17, 15) is 14.3 Å². The molecule has 0 aliphatic carbocycles. The molecule has 2 N–H and O–H groups in total. The number of benzene rings is 1. The monoisotopic (exact) mass is 588 g/mol. The summed E-state index contributed by atoms with van der Waals surface area (Å²) in [5, 5.41) is 13.6. The van der Waals surface area contributed by atoms with Gasteiger partial charge in [0.1, 0.15) is 35.1 Å². The quantitative estimate of drug-likeness (QED) is 0.310. The van der Waals surface area contributed by atoms with Crippen LogP contribution in [0.5, 0.6) is 0 Å². The molecule has 0 saturated carbocycles. The van der Waals surface area contributed by atoms with Crippen molar-refractivity contribution < 1.29 is 23.4 Å². The highest BCUT2D eigenvalue weighted by Crippen LogP contribution is 2.44. The standard InChI is InChI=1S/C32H37FN6O4/c1-32(2,3)43-31(41)37-23-10-14-39(15-11-23)29-27-26(20-4-7-22(33)8-5-20)28(42-30(27)36-19-35-29)21-6-9-25(34-18-21)38-16-12-24(40)13-17-38/h4-9,18-19,23-24,40H,10-17H2,1-3H3,(H,37,41). The molecule has 2 saturated heterocycles. The number of piperidine rings is 2. The molecular weight excluding hydrogens is 551 g/mol. The van der Waals surface area contributed by atoms with E-state index >= 15 is 0 Å². The molecule has 2 aliphatic heterocycles. The largest absolute Gasteiger partial charge is 0.444 e. The molecule has 4 aromatic rings. The molecule has 10 nitrogen and oxygen atoms in total. The van der Waals surface area contributed by atoms with Gasteiger partial charge >= 0.3 is 6.09 Å². The number of hydrogen-bond acceptors (Lipinski definition) is 9. The van der Waals surface area contributed by atoms with Crippen molar-refractivity contribution in [3.63, 3.8) is 0 Å². The van der Waals surface area contributed by atoms with E-state index in [1.165, 1.54) is 18.5 Å². The molecule has 3 aromatic heterocycles. The van der Waals surface area contributed by atoms with Gasteiger partial charge in [-0.05, 0) is 76.3 Å². The van der Waals surface area contributed by atoms with Gasteiger partial charge in [-0.3, -0.25) is 0 Å². The number of hydrogen-bond donors (Lipinski definition) is 2. The number of nitrogens with zero attached hydrogens (tertiary/aromatic N) is 5. The van der Waals surface area contributed by atoms with Crippen molar-refractivity contribution in [2.24, 2.45) is 0 Å². The number of halogens is 1. The summed E-state index contributed by atoms with van der Waals surface area (Å²) in [6.07, 6.45) is 5.50. The van der Waals surface area contributed by atoms with Gasteiger partial charge in [0.05, 0.1) is 11.5 Å². The normalized spacial score (nSPS) is 17.0. The number of aromatic nitrogens is 3. The van der Waals surface area contributed by atoms with Crippen LogP contribution in [0.1, 0.15) is 46.5 Å². The van der Waals surface area contributed by atoms with E-state index in [1.807, 2.05) is 32.9 Å². The van der Waals surface area contributed by atoms with Gasteiger partial charge in [-0.1, -0.05) is 12.1 Å². The van der Waals surface area contributed by atoms with Crippen LogP contribution in [-0.4, -0.2) is 70.1 Å². The predicted molar refractivity (Wildman–Crippen MR) is 162 cm³/mol. The SMILES string of the molecule is CC(C)(C)OC(=O)NC1CCN(c2ncnc3oc(-c4ccc(N5CCC(O)CC5)nc4)c(-c4ccc(F)cc4)c23)CC1. The van der Waals surface area contributed by atoms with Crippen LogP contribution in [0.4, 0.5) is 20.8 Å². The van der Waals surface area contributed by atoms with Gasteiger partial charge < -0.3 is 29.4 Å². The first-order valence-electron chi connectivity index (χ1n) is 14.8. The van der Waals surface area contributed by atoms with E-state index in [-0.39, 0.29) is 18.0 Å². The maximum absolute atomic E-state index is 14.0. The molecule has 5 heterocycles. The van der Waals surface area contributed by atoms with Crippen LogP contribution >= 0.6 is 0 Å². The lowest BCUT2D eigenvalue weighted by Gasteiger charge is -2.33. The van der Waals surface area contributed by atoms with Gasteiger partial charge in [0.25, 0.3) is 0 Å². The Hall–Kier alpha value is -4.25. The van der Waals surface area contributed by atoms with Gasteiger partial charge in [-0.15, -0.1) is 0 Å². The maximum Gasteiger partial charge on any atom is 0.407 e. The lowest BCUT2D eigenvalue weighted by Crippen LogP contribution is -2.46. The zero-order valence-electron chi connectivity index (χ0n) is 24.7. The first-order chi connectivity index (χ1) is 20.6. The van der Waals surface area contributed by atoms with Crippen molar-refractivity contribution in [3.8, 4) is 22.5 Å². The van der Waals surface area contributed by atoms with Crippen LogP contribution in [0.25, 0.3) is 33.6 Å². The van der Waals surface area contributed by atoms with Crippen molar-refractivity contribution in [2.75, 3.05) is 36.0 Å². The van der Waals surface area contributed by atoms with E-state index in [2.05, 4.69) is 25.1 Å². The lowest BCUT2D eigenvalue weighted by atomic mass is 9.99. The molecule has 0 bridgehead atoms. The fraction of sp³-hybridized carbons (Fsp3) is 0.438. The third-order valence-corrected chi connectivity index (χ3v) is 7.92. The highest BCUT2D eigenvalue weighted by molar-refractivity contribution is 6.06. The van der Waals surface area contributed by atoms with Crippen LogP contribution < -0.4 is 15.1 Å². The first kappa shape index (κ1) is 28.9. The number of furan rings is 1. The number of ether oxygens (including phenoxy) is 1. The zero-order chi connectivity index (χ0) is 30.1. The maximum atomic E-state index is 14.0. The summed E-state index contributed by atoms with van der Waals surface area (Å²) in [6, 6.07) is 10.3. The molecule has 2 fully saturated rings. The topological polar surface area (TPSA) is 117 Å². The highest BCUT2D eigenvalue weighted by atomic mass is 19.1. The van der Waals surface area contributed by atoms with Crippen LogP contribution in [0.2, 0.25) is 0 Å². The molecule has 1 amide bonds. The second-order valence-electron chi connectivity index (χ2n) is 12.2. The Kier molecular flexibility index (Phi) is 7.91. The Morgan fingerprint density at radius 3 is 2.28 bits per heavy atom. The van der Waals surface area contributed by atoms with Crippen molar-refractivity contribution in [2.45, 2.75) is 64.2 Å². The number of carbonyl (C=O) groups is 1. The van der Waals surface area contributed by atoms with Crippen LogP contribution in [-0.2, 0) is 4.74 Å². The summed E-state index contributed by atoms with van der Waals surface area (Å²) in [4.78, 5) is 30.5. The summed E-state index contributed by atoms with van der Waals surface area (Å²) in [5.74, 6) is 1.83. The Labute approximate surface area is 249 Å². The Bertz CT molecular complexity index is 1570. The summed E-state index contributed by atoms with van der Waals surface area (Å²) >= 11 is 0. The number of aliphatic hydroxyl groups is 1. The molecule has 11 heteroatoms. The van der Waals surface area contributed by atoms with Crippen LogP contribution in [0, 0.1) is 5.82 Å². The number of carbonyl (C=O) groups excluding carboxylic acids is 1. The Morgan fingerprint density at radius 1 is 0.953 bits per heavy atom. The molecule has 0 spiro atoms. The molecule has 226 valence electrons. The highest BCUT2D eigenvalue weighted by Gasteiger charge is 2.29. The van der Waals surface area contributed by atoms with Crippen molar-refractivity contribution in [1.82, 2.24) is 20.3 Å². The van der Waals surface area contributed by atoms with Gasteiger partial charge in [-0.2, -0.15) is 0 Å². The number of fused-ring (bicyclic) bond motifs is 1. The van der Waals surface area contributed by atoms with E-state index in [4.69, 9.17) is 14.1 Å². The minimum atomic E-state index is -0.556. The minimum Gasteiger partial charge on any atom is -0.444 e. The van der Waals surface area contributed by atoms with E-state index in [0.29, 0.717) is 24.6 Å². The third-order valence-electron chi connectivity index (χ3n) is 7.92. The lowest BCUT2D eigenvalue weighted by molar-refractivity contribution is 0.0497. The van der Waals surface area contributed by atoms with E-state index in [1.54, 1.807) is 18.3 Å². The van der Waals surface area contributed by atoms with Gasteiger partial charge in [0.2, 0.25) is 5.71 Å². The van der Waals surface area contributed by atoms with Gasteiger partial charge in [-0.25, -0.2) is 24.1 Å². The first-order valence-corrected chi connectivity index (χ1v) is 14.8. The zero-order valence-corrected chi connectivity index (χ0v) is 24.7. The second kappa shape index (κ2) is 11.8. The van der Waals surface area contributed by atoms with Crippen LogP contribution in [0.15, 0.2) is 53.3 Å². The molecule has 43 heavy (non-hydrogen) atoms. The Morgan fingerprint density at radius 2 is 1.63 bits per heavy atom. The molecule has 0 radical (unpaired) electrons. The summed E-state index contributed by atoms with van der Waals surface area (Å²) in [6.45, 7) is 8.37. The summed E-state index contributed by atoms with van der Waals surface area (Å²) in [5.41, 5.74) is 2.20. The Balaban J connectivity index is 1.32. The third kappa shape index (κ3) is 6.41. The van der Waals surface area contributed by atoms with Crippen molar-refractivity contribution in [1.29, 1.82) is 0 Å². The molecular formula is C32H37FN6O4. The van der Waals surface area contributed by atoms with Crippen molar-refractivity contribution in [3.05, 3.63) is 54.7 Å². The average molecular weight is 589 g/mol. The number of nitrogens with one attached hydrogen (secondary N) is 1. The number of anilines is 2. The van der Waals surface area contributed by atoms with E-state index < -0.39 is 11.7 Å². The van der Waals surface area contributed by atoms with E-state index in [0.717, 1.165) is 72.5 Å². The summed E-state index contributed by atoms with van der Waals surface area (Å²) in [7, 11) is 0. The summed E-state index contributed by atoms with van der Waals surface area (Å²) < 4.78 is 25.8. The number of pyridine rings is 1. The smallest absolute Gasteiger partial charge is 0.407 e. The predicted octanol–water partition coefficient (Wildman–Crippen LogP) is 5.55. The molecule has 0 unspecified atom stereocenters. The van der Waals surface area contributed by atoms with Crippen molar-refractivity contribution >= 4 is 28.8 Å². The number of amides is 1. The fourth-order valence-electron chi connectivity index (χ4n) is 5.77. The molecule has 2 aliphatic rings. The molecule has 1 aromatic carbocycles. The average Bonchev–Trinajstić information content (AvgIpc) is 3.37. The minimum absolute atomic E-state index is 0.00679. The molecule has 6 rings (SSSR count). The molecule has 0 atom stereocenters. The van der Waals surface area contributed by atoms with Gasteiger partial charge in [0, 0.05) is 49.5 Å². The van der Waals surface area contributed by atoms with Gasteiger partial charge in [0.15, 0.2) is 0 Å². The van der Waals surface area contributed by atoms with Crippen LogP contribution in [0.3, 0.4) is 0 Å². The number of alkyl carbamates (subject to hydrolysis) is 1.